The minimum Gasteiger partial charge on any atom is -0.338 e. The molecule has 2 unspecified atom stereocenters. The highest BCUT2D eigenvalue weighted by molar-refractivity contribution is 5.92. The van der Waals surface area contributed by atoms with E-state index in [4.69, 9.17) is 5.73 Å². The molecule has 126 valence electrons. The SMILES string of the molecule is Cl.NC1CCC(C(=O)Nc2ccc(CN3CCCC3=O)cc2)C1. The molecule has 0 aromatic heterocycles. The Balaban J connectivity index is 0.00000192. The average Bonchev–Trinajstić information content (AvgIpc) is 3.10. The smallest absolute Gasteiger partial charge is 0.227 e. The predicted molar refractivity (Wildman–Crippen MR) is 92.3 cm³/mol. The molecule has 0 spiro atoms. The molecule has 5 nitrogen and oxygen atoms in total. The van der Waals surface area contributed by atoms with Gasteiger partial charge >= 0.3 is 0 Å². The molecule has 2 atom stereocenters. The van der Waals surface area contributed by atoms with E-state index in [9.17, 15) is 9.59 Å². The van der Waals surface area contributed by atoms with Crippen LogP contribution in [0.2, 0.25) is 0 Å². The number of nitrogens with one attached hydrogen (secondary N) is 1. The second-order valence-corrected chi connectivity index (χ2v) is 6.38. The van der Waals surface area contributed by atoms with E-state index in [-0.39, 0.29) is 36.2 Å². The summed E-state index contributed by atoms with van der Waals surface area (Å²) >= 11 is 0. The molecule has 23 heavy (non-hydrogen) atoms. The summed E-state index contributed by atoms with van der Waals surface area (Å²) in [5, 5.41) is 2.96. The van der Waals surface area contributed by atoms with Crippen LogP contribution in [-0.4, -0.2) is 29.3 Å². The number of benzene rings is 1. The standard InChI is InChI=1S/C17H23N3O2.ClH/c18-14-6-5-13(10-14)17(22)19-15-7-3-12(4-8-15)11-20-9-1-2-16(20)21;/h3-4,7-8,13-14H,1-2,5-6,9-11,18H2,(H,19,22);1H. The Bertz CT molecular complexity index is 561. The first-order chi connectivity index (χ1) is 10.6. The lowest BCUT2D eigenvalue weighted by Crippen LogP contribution is -2.24. The number of hydrogen-bond acceptors (Lipinski definition) is 3. The van der Waals surface area contributed by atoms with Crippen molar-refractivity contribution in [2.75, 3.05) is 11.9 Å². The van der Waals surface area contributed by atoms with Gasteiger partial charge in [-0.25, -0.2) is 0 Å². The fraction of sp³-hybridized carbons (Fsp3) is 0.529. The summed E-state index contributed by atoms with van der Waals surface area (Å²) in [6.07, 6.45) is 4.21. The van der Waals surface area contributed by atoms with E-state index in [1.165, 1.54) is 0 Å². The molecule has 1 saturated heterocycles. The average molecular weight is 338 g/mol. The van der Waals surface area contributed by atoms with Crippen LogP contribution in [-0.2, 0) is 16.1 Å². The fourth-order valence-electron chi connectivity index (χ4n) is 3.28. The zero-order chi connectivity index (χ0) is 15.5. The van der Waals surface area contributed by atoms with E-state index in [2.05, 4.69) is 5.32 Å². The molecule has 3 N–H and O–H groups in total. The van der Waals surface area contributed by atoms with Crippen molar-refractivity contribution in [2.45, 2.75) is 44.7 Å². The number of carbonyl (C=O) groups is 2. The number of likely N-dealkylation sites (tertiary alicyclic amines) is 1. The Labute approximate surface area is 143 Å². The van der Waals surface area contributed by atoms with Crippen LogP contribution in [0, 0.1) is 5.92 Å². The quantitative estimate of drug-likeness (QED) is 0.885. The lowest BCUT2D eigenvalue weighted by Gasteiger charge is -2.16. The maximum absolute atomic E-state index is 12.1. The second kappa shape index (κ2) is 7.79. The summed E-state index contributed by atoms with van der Waals surface area (Å²) in [6, 6.07) is 7.92. The van der Waals surface area contributed by atoms with Gasteiger partial charge in [0.1, 0.15) is 0 Å². The Morgan fingerprint density at radius 1 is 1.26 bits per heavy atom. The van der Waals surface area contributed by atoms with E-state index >= 15 is 0 Å². The van der Waals surface area contributed by atoms with E-state index in [1.54, 1.807) is 0 Å². The molecule has 1 saturated carbocycles. The third-order valence-electron chi connectivity index (χ3n) is 4.61. The molecular formula is C17H24ClN3O2. The van der Waals surface area contributed by atoms with E-state index in [1.807, 2.05) is 29.2 Å². The Morgan fingerprint density at radius 3 is 2.57 bits per heavy atom. The topological polar surface area (TPSA) is 75.4 Å². The van der Waals surface area contributed by atoms with Crippen LogP contribution in [0.1, 0.15) is 37.7 Å². The minimum absolute atomic E-state index is 0. The summed E-state index contributed by atoms with van der Waals surface area (Å²) in [5.41, 5.74) is 7.75. The predicted octanol–water partition coefficient (Wildman–Crippen LogP) is 2.30. The molecule has 2 fully saturated rings. The van der Waals surface area contributed by atoms with Gasteiger partial charge in [0.2, 0.25) is 11.8 Å². The van der Waals surface area contributed by atoms with E-state index in [0.29, 0.717) is 13.0 Å². The normalized spacial score (nSPS) is 23.7. The molecule has 0 bridgehead atoms. The number of halogens is 1. The molecule has 1 heterocycles. The largest absolute Gasteiger partial charge is 0.338 e. The lowest BCUT2D eigenvalue weighted by molar-refractivity contribution is -0.128. The van der Waals surface area contributed by atoms with Gasteiger partial charge in [-0.1, -0.05) is 12.1 Å². The molecule has 1 aliphatic heterocycles. The summed E-state index contributed by atoms with van der Waals surface area (Å²) in [4.78, 5) is 25.7. The summed E-state index contributed by atoms with van der Waals surface area (Å²) < 4.78 is 0. The monoisotopic (exact) mass is 337 g/mol. The molecule has 2 amide bonds. The number of hydrogen-bond donors (Lipinski definition) is 2. The number of rotatable bonds is 4. The molecular weight excluding hydrogens is 314 g/mol. The molecule has 0 radical (unpaired) electrons. The first kappa shape index (κ1) is 17.8. The van der Waals surface area contributed by atoms with Gasteiger partial charge in [0.05, 0.1) is 0 Å². The van der Waals surface area contributed by atoms with Crippen LogP contribution in [0.3, 0.4) is 0 Å². The van der Waals surface area contributed by atoms with Crippen molar-refractivity contribution >= 4 is 29.9 Å². The van der Waals surface area contributed by atoms with Crippen molar-refractivity contribution in [1.82, 2.24) is 4.90 Å². The first-order valence-electron chi connectivity index (χ1n) is 8.05. The van der Waals surface area contributed by atoms with Gasteiger partial charge < -0.3 is 16.0 Å². The van der Waals surface area contributed by atoms with Gasteiger partial charge in [-0.2, -0.15) is 0 Å². The van der Waals surface area contributed by atoms with Gasteiger partial charge in [0.15, 0.2) is 0 Å². The van der Waals surface area contributed by atoms with Gasteiger partial charge in [-0.3, -0.25) is 9.59 Å². The minimum atomic E-state index is 0. The maximum atomic E-state index is 12.1. The van der Waals surface area contributed by atoms with Crippen LogP contribution < -0.4 is 11.1 Å². The van der Waals surface area contributed by atoms with Gasteiger partial charge in [-0.15, -0.1) is 12.4 Å². The highest BCUT2D eigenvalue weighted by Crippen LogP contribution is 2.25. The fourth-order valence-corrected chi connectivity index (χ4v) is 3.28. The molecule has 1 aliphatic carbocycles. The van der Waals surface area contributed by atoms with Crippen LogP contribution >= 0.6 is 12.4 Å². The molecule has 3 rings (SSSR count). The number of anilines is 1. The molecule has 1 aromatic carbocycles. The maximum Gasteiger partial charge on any atom is 0.227 e. The van der Waals surface area contributed by atoms with Crippen molar-refractivity contribution in [1.29, 1.82) is 0 Å². The molecule has 6 heteroatoms. The molecule has 1 aromatic rings. The van der Waals surface area contributed by atoms with Gasteiger partial charge in [0, 0.05) is 37.2 Å². The van der Waals surface area contributed by atoms with Crippen LogP contribution in [0.25, 0.3) is 0 Å². The third kappa shape index (κ3) is 4.45. The second-order valence-electron chi connectivity index (χ2n) is 6.38. The zero-order valence-electron chi connectivity index (χ0n) is 13.2. The highest BCUT2D eigenvalue weighted by Gasteiger charge is 2.27. The summed E-state index contributed by atoms with van der Waals surface area (Å²) in [7, 11) is 0. The number of nitrogens with zero attached hydrogens (tertiary/aromatic N) is 1. The zero-order valence-corrected chi connectivity index (χ0v) is 14.0. The van der Waals surface area contributed by atoms with Crippen LogP contribution in [0.4, 0.5) is 5.69 Å². The Hall–Kier alpha value is -1.59. The van der Waals surface area contributed by atoms with Gasteiger partial charge in [0.25, 0.3) is 0 Å². The van der Waals surface area contributed by atoms with Crippen molar-refractivity contribution in [3.8, 4) is 0 Å². The lowest BCUT2D eigenvalue weighted by atomic mass is 10.1. The Morgan fingerprint density at radius 2 is 2.00 bits per heavy atom. The molecule has 2 aliphatic rings. The van der Waals surface area contributed by atoms with E-state index in [0.717, 1.165) is 43.5 Å². The number of nitrogens with two attached hydrogens (primary N) is 1. The highest BCUT2D eigenvalue weighted by atomic mass is 35.5. The van der Waals surface area contributed by atoms with Crippen molar-refractivity contribution in [2.24, 2.45) is 11.7 Å². The first-order valence-corrected chi connectivity index (χ1v) is 8.05. The van der Waals surface area contributed by atoms with Crippen LogP contribution in [0.15, 0.2) is 24.3 Å². The number of amides is 2. The van der Waals surface area contributed by atoms with Crippen molar-refractivity contribution < 1.29 is 9.59 Å². The van der Waals surface area contributed by atoms with Crippen LogP contribution in [0.5, 0.6) is 0 Å². The Kier molecular flexibility index (Phi) is 6.02. The van der Waals surface area contributed by atoms with Crippen molar-refractivity contribution in [3.63, 3.8) is 0 Å². The van der Waals surface area contributed by atoms with Gasteiger partial charge in [-0.05, 0) is 43.4 Å². The number of carbonyl (C=O) groups excluding carboxylic acids is 2. The summed E-state index contributed by atoms with van der Waals surface area (Å²) in [5.74, 6) is 0.335. The van der Waals surface area contributed by atoms with E-state index < -0.39 is 0 Å². The third-order valence-corrected chi connectivity index (χ3v) is 4.61. The summed E-state index contributed by atoms with van der Waals surface area (Å²) in [6.45, 7) is 1.50. The van der Waals surface area contributed by atoms with Crippen molar-refractivity contribution in [3.05, 3.63) is 29.8 Å².